The fraction of sp³-hybridized carbons (Fsp3) is 0.345. The summed E-state index contributed by atoms with van der Waals surface area (Å²) >= 11 is 0. The zero-order chi connectivity index (χ0) is 25.9. The monoisotopic (exact) mass is 511 g/mol. The van der Waals surface area contributed by atoms with Crippen LogP contribution in [0.4, 0.5) is 4.39 Å². The van der Waals surface area contributed by atoms with Gasteiger partial charge in [0.2, 0.25) is 0 Å². The molecule has 2 N–H and O–H groups in total. The van der Waals surface area contributed by atoms with Gasteiger partial charge in [0.15, 0.2) is 0 Å². The maximum absolute atomic E-state index is 13.2. The summed E-state index contributed by atoms with van der Waals surface area (Å²) in [5.74, 6) is -1.08. The molecule has 0 radical (unpaired) electrons. The van der Waals surface area contributed by atoms with Crippen molar-refractivity contribution in [3.63, 3.8) is 0 Å². The van der Waals surface area contributed by atoms with Gasteiger partial charge in [-0.1, -0.05) is 88.4 Å². The van der Waals surface area contributed by atoms with E-state index in [1.165, 1.54) is 44.2 Å². The van der Waals surface area contributed by atoms with Gasteiger partial charge in [0.25, 0.3) is 0 Å². The molecule has 3 aromatic carbocycles. The van der Waals surface area contributed by atoms with Crippen molar-refractivity contribution in [2.45, 2.75) is 63.5 Å². The van der Waals surface area contributed by atoms with Crippen LogP contribution in [-0.4, -0.2) is 21.3 Å². The maximum atomic E-state index is 13.2. The van der Waals surface area contributed by atoms with Crippen LogP contribution in [-0.2, 0) is 22.4 Å². The summed E-state index contributed by atoms with van der Waals surface area (Å²) in [6.07, 6.45) is 7.50. The standard InChI is InChI=1S/C24H24FNO4S.C5H10/c1-16(2)23(24(27)28)26-31(29)22-12-10-19(11-13-22)18-8-6-17(7-9-18)15-30-21-5-3-4-20(25)14-21;1-2-4-5-3-1/h3-14,16,23,26H,15H2,1-2H3,(H,27,28);1-5H2. The Bertz CT molecular complexity index is 1120. The topological polar surface area (TPSA) is 75.6 Å². The van der Waals surface area contributed by atoms with Crippen LogP contribution in [0.1, 0.15) is 51.5 Å². The first kappa shape index (κ1) is 27.6. The molecule has 0 amide bonds. The van der Waals surface area contributed by atoms with Crippen molar-refractivity contribution in [1.29, 1.82) is 0 Å². The van der Waals surface area contributed by atoms with Crippen molar-refractivity contribution in [1.82, 2.24) is 4.72 Å². The Morgan fingerprint density at radius 1 is 0.944 bits per heavy atom. The van der Waals surface area contributed by atoms with Crippen LogP contribution < -0.4 is 9.46 Å². The summed E-state index contributed by atoms with van der Waals surface area (Å²) in [6.45, 7) is 3.85. The molecule has 3 aromatic rings. The molecule has 0 aromatic heterocycles. The quantitative estimate of drug-likeness (QED) is 0.333. The van der Waals surface area contributed by atoms with Gasteiger partial charge in [-0.2, -0.15) is 0 Å². The molecular formula is C29H34FNO4S. The van der Waals surface area contributed by atoms with Gasteiger partial charge in [-0.3, -0.25) is 4.79 Å². The minimum absolute atomic E-state index is 0.191. The highest BCUT2D eigenvalue weighted by atomic mass is 32.2. The molecule has 0 bridgehead atoms. The van der Waals surface area contributed by atoms with Gasteiger partial charge in [-0.25, -0.2) is 13.3 Å². The number of rotatable bonds is 9. The first-order chi connectivity index (χ1) is 17.3. The molecule has 0 spiro atoms. The van der Waals surface area contributed by atoms with E-state index in [9.17, 15) is 18.5 Å². The average Bonchev–Trinajstić information content (AvgIpc) is 3.46. The Kier molecular flexibility index (Phi) is 10.6. The first-order valence-electron chi connectivity index (χ1n) is 12.3. The number of carboxylic acids is 1. The maximum Gasteiger partial charge on any atom is 0.321 e. The third-order valence-electron chi connectivity index (χ3n) is 5.97. The fourth-order valence-electron chi connectivity index (χ4n) is 3.83. The zero-order valence-electron chi connectivity index (χ0n) is 20.8. The number of halogens is 1. The third kappa shape index (κ3) is 8.57. The van der Waals surface area contributed by atoms with Crippen molar-refractivity contribution in [2.75, 3.05) is 0 Å². The SMILES string of the molecule is C1CCCC1.CC(C)C(NS(=O)c1ccc(-c2ccc(COc3cccc(F)c3)cc2)cc1)C(=O)O. The highest BCUT2D eigenvalue weighted by Crippen LogP contribution is 2.22. The van der Waals surface area contributed by atoms with Gasteiger partial charge >= 0.3 is 5.97 Å². The van der Waals surface area contributed by atoms with Crippen molar-refractivity contribution in [2.24, 2.45) is 5.92 Å². The van der Waals surface area contributed by atoms with E-state index >= 15 is 0 Å². The molecule has 1 fully saturated rings. The van der Waals surface area contributed by atoms with E-state index in [0.29, 0.717) is 17.3 Å². The zero-order valence-corrected chi connectivity index (χ0v) is 21.6. The molecule has 2 atom stereocenters. The van der Waals surface area contributed by atoms with E-state index in [4.69, 9.17) is 4.74 Å². The number of carbonyl (C=O) groups is 1. The summed E-state index contributed by atoms with van der Waals surface area (Å²) in [5, 5.41) is 9.25. The van der Waals surface area contributed by atoms with E-state index in [0.717, 1.165) is 16.7 Å². The van der Waals surface area contributed by atoms with Gasteiger partial charge in [0, 0.05) is 6.07 Å². The van der Waals surface area contributed by atoms with E-state index < -0.39 is 23.0 Å². The van der Waals surface area contributed by atoms with Gasteiger partial charge in [0.1, 0.15) is 35.2 Å². The van der Waals surface area contributed by atoms with Crippen LogP contribution in [0.15, 0.2) is 77.7 Å². The molecule has 0 saturated heterocycles. The number of nitrogens with one attached hydrogen (secondary N) is 1. The Morgan fingerprint density at radius 3 is 2.00 bits per heavy atom. The number of hydrogen-bond donors (Lipinski definition) is 2. The molecule has 1 aliphatic carbocycles. The highest BCUT2D eigenvalue weighted by molar-refractivity contribution is 7.83. The normalized spacial score (nSPS) is 14.6. The van der Waals surface area contributed by atoms with E-state index in [2.05, 4.69) is 4.72 Å². The largest absolute Gasteiger partial charge is 0.489 e. The lowest BCUT2D eigenvalue weighted by Gasteiger charge is -2.17. The van der Waals surface area contributed by atoms with Gasteiger partial charge in [-0.05, 0) is 46.9 Å². The number of benzene rings is 3. The molecule has 36 heavy (non-hydrogen) atoms. The lowest BCUT2D eigenvalue weighted by Crippen LogP contribution is -2.41. The Hall–Kier alpha value is -3.03. The minimum Gasteiger partial charge on any atom is -0.489 e. The van der Waals surface area contributed by atoms with Crippen LogP contribution >= 0.6 is 0 Å². The van der Waals surface area contributed by atoms with Crippen LogP contribution in [0, 0.1) is 11.7 Å². The van der Waals surface area contributed by atoms with Crippen molar-refractivity contribution < 1.29 is 23.2 Å². The number of aliphatic carboxylic acids is 1. The summed E-state index contributed by atoms with van der Waals surface area (Å²) in [6, 6.07) is 20.0. The lowest BCUT2D eigenvalue weighted by molar-refractivity contribution is -0.140. The lowest BCUT2D eigenvalue weighted by atomic mass is 10.0. The molecule has 192 valence electrons. The number of hydrogen-bond acceptors (Lipinski definition) is 3. The predicted octanol–water partition coefficient (Wildman–Crippen LogP) is 6.74. The molecule has 1 saturated carbocycles. The van der Waals surface area contributed by atoms with Gasteiger partial charge in [-0.15, -0.1) is 0 Å². The van der Waals surface area contributed by atoms with Crippen LogP contribution in [0.5, 0.6) is 5.75 Å². The molecule has 7 heteroatoms. The molecule has 4 rings (SSSR count). The van der Waals surface area contributed by atoms with Crippen LogP contribution in [0.3, 0.4) is 0 Å². The van der Waals surface area contributed by atoms with Crippen molar-refractivity contribution >= 4 is 17.0 Å². The summed E-state index contributed by atoms with van der Waals surface area (Å²) in [4.78, 5) is 11.8. The number of carboxylic acid groups (broad SMARTS) is 1. The van der Waals surface area contributed by atoms with Crippen molar-refractivity contribution in [3.8, 4) is 16.9 Å². The van der Waals surface area contributed by atoms with Crippen LogP contribution in [0.25, 0.3) is 11.1 Å². The van der Waals surface area contributed by atoms with Crippen LogP contribution in [0.2, 0.25) is 0 Å². The number of ether oxygens (including phenoxy) is 1. The Balaban J connectivity index is 0.000000642. The van der Waals surface area contributed by atoms with E-state index in [-0.39, 0.29) is 11.7 Å². The molecule has 1 aliphatic rings. The second-order valence-corrected chi connectivity index (χ2v) is 10.4. The average molecular weight is 512 g/mol. The second kappa shape index (κ2) is 13.9. The molecular weight excluding hydrogens is 477 g/mol. The summed E-state index contributed by atoms with van der Waals surface area (Å²) in [7, 11) is -1.62. The molecule has 5 nitrogen and oxygen atoms in total. The molecule has 2 unspecified atom stereocenters. The summed E-state index contributed by atoms with van der Waals surface area (Å²) < 4.78 is 33.9. The summed E-state index contributed by atoms with van der Waals surface area (Å²) in [5.41, 5.74) is 2.87. The first-order valence-corrected chi connectivity index (χ1v) is 13.5. The minimum atomic E-state index is -1.62. The molecule has 0 aliphatic heterocycles. The molecule has 0 heterocycles. The predicted molar refractivity (Wildman–Crippen MR) is 142 cm³/mol. The Labute approximate surface area is 215 Å². The van der Waals surface area contributed by atoms with Gasteiger partial charge < -0.3 is 9.84 Å². The van der Waals surface area contributed by atoms with Crippen molar-refractivity contribution in [3.05, 3.63) is 84.2 Å². The van der Waals surface area contributed by atoms with E-state index in [1.54, 1.807) is 38.1 Å². The smallest absolute Gasteiger partial charge is 0.321 e. The highest BCUT2D eigenvalue weighted by Gasteiger charge is 2.23. The third-order valence-corrected chi connectivity index (χ3v) is 7.14. The Morgan fingerprint density at radius 2 is 1.50 bits per heavy atom. The fourth-order valence-corrected chi connectivity index (χ4v) is 4.95. The van der Waals surface area contributed by atoms with E-state index in [1.807, 2.05) is 36.4 Å². The van der Waals surface area contributed by atoms with Gasteiger partial charge in [0.05, 0.1) is 4.90 Å². The second-order valence-electron chi connectivity index (χ2n) is 9.18.